The van der Waals surface area contributed by atoms with E-state index >= 15 is 0 Å². The molecule has 2 rings (SSSR count). The van der Waals surface area contributed by atoms with E-state index in [-0.39, 0.29) is 12.1 Å². The van der Waals surface area contributed by atoms with Crippen LogP contribution >= 0.6 is 0 Å². The van der Waals surface area contributed by atoms with Gasteiger partial charge in [-0.2, -0.15) is 0 Å². The van der Waals surface area contributed by atoms with E-state index in [4.69, 9.17) is 22.6 Å². The molecule has 4 atom stereocenters. The van der Waals surface area contributed by atoms with Crippen molar-refractivity contribution >= 4 is 5.97 Å². The third kappa shape index (κ3) is 4.48. The van der Waals surface area contributed by atoms with E-state index in [1.54, 1.807) is 7.11 Å². The average molecular weight is 369 g/mol. The first-order valence-corrected chi connectivity index (χ1v) is 8.83. The number of aliphatic hydroxyl groups excluding tert-OH is 1. The van der Waals surface area contributed by atoms with Crippen LogP contribution < -0.4 is 4.74 Å². The number of carbonyl (C=O) groups is 1. The van der Waals surface area contributed by atoms with Crippen LogP contribution in [0, 0.1) is 19.1 Å². The fourth-order valence-corrected chi connectivity index (χ4v) is 3.78. The maximum atomic E-state index is 11.6. The molecule has 0 saturated heterocycles. The third-order valence-corrected chi connectivity index (χ3v) is 5.18. The Morgan fingerprint density at radius 1 is 1.41 bits per heavy atom. The molecule has 0 amide bonds. The monoisotopic (exact) mass is 369 g/mol. The van der Waals surface area contributed by atoms with Gasteiger partial charge in [0.25, 0.3) is 6.57 Å². The highest BCUT2D eigenvalue weighted by Crippen LogP contribution is 2.44. The molecule has 1 N–H and O–H groups in total. The number of benzene rings is 1. The van der Waals surface area contributed by atoms with Crippen LogP contribution in [-0.4, -0.2) is 35.9 Å². The lowest BCUT2D eigenvalue weighted by Crippen LogP contribution is -2.49. The normalized spacial score (nSPS) is 24.0. The quantitative estimate of drug-likeness (QED) is 0.616. The summed E-state index contributed by atoms with van der Waals surface area (Å²) >= 11 is 0. The van der Waals surface area contributed by atoms with Crippen molar-refractivity contribution in [1.82, 2.24) is 0 Å². The maximum Gasteiger partial charge on any atom is 0.394 e. The first-order chi connectivity index (χ1) is 12.9. The number of ether oxygens (including phenoxy) is 2. The zero-order chi connectivity index (χ0) is 20.0. The van der Waals surface area contributed by atoms with Gasteiger partial charge < -0.3 is 14.6 Å². The van der Waals surface area contributed by atoms with E-state index in [0.717, 1.165) is 5.56 Å². The molecule has 0 aromatic heterocycles. The summed E-state index contributed by atoms with van der Waals surface area (Å²) in [6.07, 6.45) is 0.502. The van der Waals surface area contributed by atoms with Gasteiger partial charge in [-0.15, -0.1) is 0 Å². The lowest BCUT2D eigenvalue weighted by Gasteiger charge is -2.37. The Kier molecular flexibility index (Phi) is 6.60. The summed E-state index contributed by atoms with van der Waals surface area (Å²) in [4.78, 5) is 19.2. The van der Waals surface area contributed by atoms with Crippen LogP contribution in [0.4, 0.5) is 0 Å². The molecule has 6 nitrogen and oxygen atoms in total. The molecular formula is C21H25N2O4+. The Balaban J connectivity index is 2.46. The minimum Gasteiger partial charge on any atom is -0.497 e. The van der Waals surface area contributed by atoms with Crippen LogP contribution in [-0.2, 0) is 16.0 Å². The second-order valence-corrected chi connectivity index (χ2v) is 6.86. The third-order valence-electron chi connectivity index (χ3n) is 5.18. The van der Waals surface area contributed by atoms with E-state index in [1.807, 2.05) is 24.3 Å². The molecule has 0 heterocycles. The lowest BCUT2D eigenvalue weighted by molar-refractivity contribution is -0.154. The minimum absolute atomic E-state index is 0.213. The van der Waals surface area contributed by atoms with E-state index in [1.165, 1.54) is 6.92 Å². The van der Waals surface area contributed by atoms with Crippen LogP contribution in [0.3, 0.4) is 0 Å². The van der Waals surface area contributed by atoms with E-state index in [9.17, 15) is 9.90 Å². The smallest absolute Gasteiger partial charge is 0.394 e. The fraction of sp³-hybridized carbons (Fsp3) is 0.476. The number of methoxy groups -OCH3 is 1. The molecule has 0 spiro atoms. The van der Waals surface area contributed by atoms with Crippen LogP contribution in [0.25, 0.3) is 9.69 Å². The fourth-order valence-electron chi connectivity index (χ4n) is 3.78. The Hall–Kier alpha value is -2.83. The Bertz CT molecular complexity index is 775. The van der Waals surface area contributed by atoms with Crippen LogP contribution in [0.2, 0.25) is 0 Å². The molecule has 1 aliphatic carbocycles. The van der Waals surface area contributed by atoms with Crippen molar-refractivity contribution < 1.29 is 19.4 Å². The minimum atomic E-state index is -1.22. The molecule has 6 heteroatoms. The molecule has 27 heavy (non-hydrogen) atoms. The van der Waals surface area contributed by atoms with Crippen LogP contribution in [0.15, 0.2) is 36.5 Å². The van der Waals surface area contributed by atoms with Gasteiger partial charge in [0, 0.05) is 6.92 Å². The Labute approximate surface area is 160 Å². The predicted molar refractivity (Wildman–Crippen MR) is 102 cm³/mol. The zero-order valence-corrected chi connectivity index (χ0v) is 15.7. The summed E-state index contributed by atoms with van der Waals surface area (Å²) in [5.74, 6) is -0.176. The molecule has 0 aliphatic heterocycles. The molecule has 1 unspecified atom stereocenters. The van der Waals surface area contributed by atoms with Crippen molar-refractivity contribution in [3.63, 3.8) is 0 Å². The van der Waals surface area contributed by atoms with E-state index in [2.05, 4.69) is 16.3 Å². The Morgan fingerprint density at radius 3 is 2.59 bits per heavy atom. The predicted octanol–water partition coefficient (Wildman–Crippen LogP) is 3.46. The van der Waals surface area contributed by atoms with Crippen molar-refractivity contribution in [3.05, 3.63) is 58.4 Å². The summed E-state index contributed by atoms with van der Waals surface area (Å²) in [6.45, 7) is 18.7. The van der Waals surface area contributed by atoms with Crippen molar-refractivity contribution in [1.29, 1.82) is 0 Å². The largest absolute Gasteiger partial charge is 0.497 e. The van der Waals surface area contributed by atoms with Crippen molar-refractivity contribution in [2.75, 3.05) is 7.11 Å². The Morgan fingerprint density at radius 2 is 2.07 bits per heavy atom. The maximum absolute atomic E-state index is 11.6. The number of nitrogens with zero attached hydrogens (tertiary/aromatic N) is 2. The molecular weight excluding hydrogens is 344 g/mol. The number of esters is 1. The van der Waals surface area contributed by atoms with Gasteiger partial charge >= 0.3 is 17.2 Å². The average Bonchev–Trinajstić information content (AvgIpc) is 2.67. The van der Waals surface area contributed by atoms with Crippen molar-refractivity contribution in [2.24, 2.45) is 5.92 Å². The molecule has 1 aromatic rings. The number of rotatable bonds is 6. The van der Waals surface area contributed by atoms with Gasteiger partial charge in [0.2, 0.25) is 0 Å². The summed E-state index contributed by atoms with van der Waals surface area (Å²) in [6, 6.07) is 7.35. The van der Waals surface area contributed by atoms with E-state index < -0.39 is 29.6 Å². The molecule has 0 radical (unpaired) electrons. The first kappa shape index (κ1) is 20.5. The molecule has 1 saturated carbocycles. The number of carbonyl (C=O) groups excluding carboxylic acids is 1. The molecule has 0 bridgehead atoms. The highest BCUT2D eigenvalue weighted by molar-refractivity contribution is 5.66. The van der Waals surface area contributed by atoms with E-state index in [0.29, 0.717) is 25.0 Å². The zero-order valence-electron chi connectivity index (χ0n) is 15.7. The van der Waals surface area contributed by atoms with Crippen molar-refractivity contribution in [2.45, 2.75) is 50.4 Å². The summed E-state index contributed by atoms with van der Waals surface area (Å²) in [7, 11) is 1.58. The topological polar surface area (TPSA) is 64.5 Å². The molecule has 142 valence electrons. The van der Waals surface area contributed by atoms with Crippen LogP contribution in [0.5, 0.6) is 5.75 Å². The second-order valence-electron chi connectivity index (χ2n) is 6.86. The molecule has 1 aromatic carbocycles. The number of hydrogen-bond donors (Lipinski definition) is 1. The van der Waals surface area contributed by atoms with Crippen LogP contribution in [0.1, 0.15) is 31.7 Å². The SMILES string of the molecule is [C-]#[N+]C(Cc1ccc(OC)cc1)(C(=C)[N+]#C)[C@H]1C[C@@H](O)CC[C@@H]1OC(C)=O. The lowest BCUT2D eigenvalue weighted by atomic mass is 9.68. The standard InChI is InChI=1S/C21H25N2O4/c1-14(22-3)21(23-4,13-16-6-9-18(26-5)10-7-16)19-12-17(25)8-11-20(19)27-15(2)24/h3,6-7,9-10,17,19-20,25H,1,8,11-13H2,2,5H3/q+1/t17-,19-,20-,21?/m0/s1. The van der Waals surface area contributed by atoms with Gasteiger partial charge in [-0.3, -0.25) is 9.64 Å². The van der Waals surface area contributed by atoms with Crippen molar-refractivity contribution in [3.8, 4) is 12.3 Å². The van der Waals surface area contributed by atoms with Gasteiger partial charge in [-0.1, -0.05) is 12.1 Å². The highest BCUT2D eigenvalue weighted by Gasteiger charge is 2.60. The van der Waals surface area contributed by atoms with Gasteiger partial charge in [-0.25, -0.2) is 6.57 Å². The second kappa shape index (κ2) is 8.70. The summed E-state index contributed by atoms with van der Waals surface area (Å²) in [5.41, 5.74) is -0.131. The first-order valence-electron chi connectivity index (χ1n) is 8.83. The number of aliphatic hydroxyl groups is 1. The van der Waals surface area contributed by atoms with Gasteiger partial charge in [-0.05, 0) is 48.4 Å². The summed E-state index contributed by atoms with van der Waals surface area (Å²) in [5, 5.41) is 10.2. The highest BCUT2D eigenvalue weighted by atomic mass is 16.5. The summed E-state index contributed by atoms with van der Waals surface area (Å²) < 4.78 is 10.7. The van der Waals surface area contributed by atoms with Gasteiger partial charge in [0.05, 0.1) is 25.6 Å². The number of hydrogen-bond acceptors (Lipinski definition) is 4. The molecule has 1 aliphatic rings. The molecule has 1 fully saturated rings. The van der Waals surface area contributed by atoms with Gasteiger partial charge in [0.1, 0.15) is 11.9 Å². The van der Waals surface area contributed by atoms with Gasteiger partial charge in [0.15, 0.2) is 0 Å².